The number of fused-ring (bicyclic) bond motifs is 1. The maximum absolute atomic E-state index is 12.6. The van der Waals surface area contributed by atoms with Crippen LogP contribution in [0.25, 0.3) is 10.8 Å². The summed E-state index contributed by atoms with van der Waals surface area (Å²) in [6.07, 6.45) is -0.294. The van der Waals surface area contributed by atoms with Gasteiger partial charge in [-0.1, -0.05) is 66.2 Å². The van der Waals surface area contributed by atoms with Crippen molar-refractivity contribution in [2.24, 2.45) is 0 Å². The molecule has 24 heavy (non-hydrogen) atoms. The van der Waals surface area contributed by atoms with E-state index < -0.39 is 0 Å². The molecule has 0 unspecified atom stereocenters. The van der Waals surface area contributed by atoms with Crippen molar-refractivity contribution in [3.8, 4) is 0 Å². The summed E-state index contributed by atoms with van der Waals surface area (Å²) >= 11 is 6.22. The molecule has 0 bridgehead atoms. The smallest absolute Gasteiger partial charge is 0.252 e. The number of ether oxygens (including phenoxy) is 1. The summed E-state index contributed by atoms with van der Waals surface area (Å²) in [5.41, 5.74) is 1.52. The van der Waals surface area contributed by atoms with Gasteiger partial charge in [0.25, 0.3) is 5.91 Å². The lowest BCUT2D eigenvalue weighted by molar-refractivity contribution is 0.0829. The average molecular weight is 340 g/mol. The molecule has 0 aliphatic heterocycles. The number of methoxy groups -OCH3 is 1. The molecule has 0 aliphatic rings. The number of nitrogens with one attached hydrogen (secondary N) is 1. The number of carbonyl (C=O) groups excluding carboxylic acids is 1. The average Bonchev–Trinajstić information content (AvgIpc) is 2.63. The Bertz CT molecular complexity index is 858. The highest BCUT2D eigenvalue weighted by Crippen LogP contribution is 2.25. The van der Waals surface area contributed by atoms with Crippen molar-refractivity contribution in [1.82, 2.24) is 5.32 Å². The van der Waals surface area contributed by atoms with Crippen molar-refractivity contribution in [2.75, 3.05) is 13.7 Å². The molecule has 3 nitrogen and oxygen atoms in total. The van der Waals surface area contributed by atoms with Gasteiger partial charge >= 0.3 is 0 Å². The summed E-state index contributed by atoms with van der Waals surface area (Å²) in [5.74, 6) is -0.124. The molecular formula is C20H18ClNO2. The van der Waals surface area contributed by atoms with Gasteiger partial charge in [-0.2, -0.15) is 0 Å². The highest BCUT2D eigenvalue weighted by molar-refractivity contribution is 6.31. The molecule has 0 saturated heterocycles. The highest BCUT2D eigenvalue weighted by Gasteiger charge is 2.16. The third-order valence-electron chi connectivity index (χ3n) is 4.02. The second-order valence-electron chi connectivity index (χ2n) is 5.48. The van der Waals surface area contributed by atoms with Crippen molar-refractivity contribution in [3.05, 3.63) is 82.9 Å². The minimum atomic E-state index is -0.294. The van der Waals surface area contributed by atoms with Crippen LogP contribution in [0.3, 0.4) is 0 Å². The Morgan fingerprint density at radius 3 is 2.54 bits per heavy atom. The first-order valence-electron chi connectivity index (χ1n) is 7.74. The van der Waals surface area contributed by atoms with E-state index in [4.69, 9.17) is 16.3 Å². The molecule has 0 aliphatic carbocycles. The first-order chi connectivity index (χ1) is 11.7. The maximum Gasteiger partial charge on any atom is 0.252 e. The van der Waals surface area contributed by atoms with Crippen LogP contribution >= 0.6 is 11.6 Å². The van der Waals surface area contributed by atoms with Gasteiger partial charge < -0.3 is 10.1 Å². The van der Waals surface area contributed by atoms with Crippen molar-refractivity contribution in [1.29, 1.82) is 0 Å². The molecule has 4 heteroatoms. The van der Waals surface area contributed by atoms with Crippen LogP contribution in [0, 0.1) is 0 Å². The van der Waals surface area contributed by atoms with E-state index in [-0.39, 0.29) is 12.0 Å². The SMILES string of the molecule is CO[C@H](CNC(=O)c1cccc2ccccc12)c1ccccc1Cl. The van der Waals surface area contributed by atoms with Gasteiger partial charge in [-0.3, -0.25) is 4.79 Å². The first-order valence-corrected chi connectivity index (χ1v) is 8.11. The topological polar surface area (TPSA) is 38.3 Å². The number of carbonyl (C=O) groups is 1. The standard InChI is InChI=1S/C20H18ClNO2/c1-24-19(17-10-4-5-12-18(17)21)13-22-20(23)16-11-6-8-14-7-2-3-9-15(14)16/h2-12,19H,13H2,1H3,(H,22,23)/t19-/m1/s1. The lowest BCUT2D eigenvalue weighted by atomic mass is 10.0. The Labute approximate surface area is 146 Å². The summed E-state index contributed by atoms with van der Waals surface area (Å²) in [6.45, 7) is 0.349. The van der Waals surface area contributed by atoms with E-state index in [1.54, 1.807) is 7.11 Å². The summed E-state index contributed by atoms with van der Waals surface area (Å²) in [6, 6.07) is 21.0. The normalized spacial score (nSPS) is 12.1. The lowest BCUT2D eigenvalue weighted by Gasteiger charge is -2.18. The predicted molar refractivity (Wildman–Crippen MR) is 97.5 cm³/mol. The monoisotopic (exact) mass is 339 g/mol. The van der Waals surface area contributed by atoms with Gasteiger partial charge in [0.15, 0.2) is 0 Å². The Morgan fingerprint density at radius 1 is 1.04 bits per heavy atom. The summed E-state index contributed by atoms with van der Waals surface area (Å²) in [4.78, 5) is 12.6. The fraction of sp³-hybridized carbons (Fsp3) is 0.150. The molecule has 1 atom stereocenters. The molecule has 0 fully saturated rings. The van der Waals surface area contributed by atoms with Gasteiger partial charge in [-0.15, -0.1) is 0 Å². The van der Waals surface area contributed by atoms with Crippen LogP contribution in [0.4, 0.5) is 0 Å². The van der Waals surface area contributed by atoms with Gasteiger partial charge in [0.05, 0.1) is 0 Å². The fourth-order valence-corrected chi connectivity index (χ4v) is 3.02. The van der Waals surface area contributed by atoms with Crippen molar-refractivity contribution in [2.45, 2.75) is 6.10 Å². The summed E-state index contributed by atoms with van der Waals surface area (Å²) in [7, 11) is 1.61. The molecule has 0 saturated carbocycles. The quantitative estimate of drug-likeness (QED) is 0.737. The van der Waals surface area contributed by atoms with Crippen LogP contribution in [-0.2, 0) is 4.74 Å². The number of halogens is 1. The van der Waals surface area contributed by atoms with Crippen molar-refractivity contribution >= 4 is 28.3 Å². The van der Waals surface area contributed by atoms with Gasteiger partial charge in [0.2, 0.25) is 0 Å². The maximum atomic E-state index is 12.6. The fourth-order valence-electron chi connectivity index (χ4n) is 2.76. The largest absolute Gasteiger partial charge is 0.375 e. The zero-order valence-corrected chi connectivity index (χ0v) is 14.1. The second-order valence-corrected chi connectivity index (χ2v) is 5.89. The van der Waals surface area contributed by atoms with Crippen LogP contribution in [0.15, 0.2) is 66.7 Å². The lowest BCUT2D eigenvalue weighted by Crippen LogP contribution is -2.29. The number of benzene rings is 3. The van der Waals surface area contributed by atoms with Crippen LogP contribution in [-0.4, -0.2) is 19.6 Å². The number of rotatable bonds is 5. The third kappa shape index (κ3) is 3.42. The predicted octanol–water partition coefficient (Wildman–Crippen LogP) is 4.61. The molecule has 0 radical (unpaired) electrons. The Morgan fingerprint density at radius 2 is 1.75 bits per heavy atom. The minimum Gasteiger partial charge on any atom is -0.375 e. The van der Waals surface area contributed by atoms with E-state index in [9.17, 15) is 4.79 Å². The van der Waals surface area contributed by atoms with E-state index in [1.807, 2.05) is 66.7 Å². The zero-order chi connectivity index (χ0) is 16.9. The molecule has 0 heterocycles. The molecule has 3 aromatic carbocycles. The van der Waals surface area contributed by atoms with Crippen molar-refractivity contribution in [3.63, 3.8) is 0 Å². The minimum absolute atomic E-state index is 0.124. The Balaban J connectivity index is 1.78. The number of amides is 1. The summed E-state index contributed by atoms with van der Waals surface area (Å²) in [5, 5.41) is 5.55. The Kier molecular flexibility index (Phi) is 5.14. The molecule has 1 amide bonds. The summed E-state index contributed by atoms with van der Waals surface area (Å²) < 4.78 is 5.49. The molecule has 0 aromatic heterocycles. The van der Waals surface area contributed by atoms with E-state index >= 15 is 0 Å². The van der Waals surface area contributed by atoms with E-state index in [2.05, 4.69) is 5.32 Å². The molecule has 3 rings (SSSR count). The zero-order valence-electron chi connectivity index (χ0n) is 13.3. The van der Waals surface area contributed by atoms with Gasteiger partial charge in [-0.05, 0) is 22.9 Å². The molecule has 122 valence electrons. The van der Waals surface area contributed by atoms with Crippen LogP contribution in [0.1, 0.15) is 22.0 Å². The highest BCUT2D eigenvalue weighted by atomic mass is 35.5. The molecule has 1 N–H and O–H groups in total. The van der Waals surface area contributed by atoms with Crippen LogP contribution in [0.5, 0.6) is 0 Å². The van der Waals surface area contributed by atoms with Gasteiger partial charge in [-0.25, -0.2) is 0 Å². The van der Waals surface area contributed by atoms with E-state index in [0.29, 0.717) is 17.1 Å². The van der Waals surface area contributed by atoms with Crippen LogP contribution in [0.2, 0.25) is 5.02 Å². The van der Waals surface area contributed by atoms with Crippen LogP contribution < -0.4 is 5.32 Å². The number of hydrogen-bond acceptors (Lipinski definition) is 2. The van der Waals surface area contributed by atoms with Gasteiger partial charge in [0, 0.05) is 29.8 Å². The van der Waals surface area contributed by atoms with Gasteiger partial charge in [0.1, 0.15) is 6.10 Å². The first kappa shape index (κ1) is 16.5. The van der Waals surface area contributed by atoms with Crippen molar-refractivity contribution < 1.29 is 9.53 Å². The number of hydrogen-bond donors (Lipinski definition) is 1. The molecular weight excluding hydrogens is 322 g/mol. The third-order valence-corrected chi connectivity index (χ3v) is 4.36. The van der Waals surface area contributed by atoms with E-state index in [0.717, 1.165) is 16.3 Å². The van der Waals surface area contributed by atoms with E-state index in [1.165, 1.54) is 0 Å². The molecule has 0 spiro atoms. The second kappa shape index (κ2) is 7.47. The molecule has 3 aromatic rings. The Hall–Kier alpha value is -2.36.